The van der Waals surface area contributed by atoms with Crippen LogP contribution in [0.15, 0.2) is 76.5 Å². The molecule has 412 valence electrons. The molecule has 0 aliphatic carbocycles. The number of piperidine rings is 2. The molecule has 16 nitrogen and oxygen atoms in total. The van der Waals surface area contributed by atoms with Gasteiger partial charge in [0.05, 0.1) is 35.2 Å². The molecule has 9 rings (SSSR count). The number of aromatic hydroxyl groups is 2. The third-order valence-electron chi connectivity index (χ3n) is 15.8. The number of amides is 1. The van der Waals surface area contributed by atoms with Gasteiger partial charge in [0.25, 0.3) is 11.7 Å². The van der Waals surface area contributed by atoms with Crippen LogP contribution in [0.2, 0.25) is 0 Å². The van der Waals surface area contributed by atoms with Crippen LogP contribution in [-0.2, 0) is 19.1 Å². The summed E-state index contributed by atoms with van der Waals surface area (Å²) in [6.07, 6.45) is 19.1. The van der Waals surface area contributed by atoms with E-state index in [1.165, 1.54) is 18.9 Å². The molecule has 16 heteroatoms. The highest BCUT2D eigenvalue weighted by molar-refractivity contribution is 6.19. The molecule has 5 bridgehead atoms. The highest BCUT2D eigenvalue weighted by Gasteiger charge is 2.50. The number of allylic oxidation sites excluding steroid dienone is 4. The van der Waals surface area contributed by atoms with Crippen LogP contribution in [0.3, 0.4) is 0 Å². The predicted molar refractivity (Wildman–Crippen MR) is 297 cm³/mol. The molecule has 3 aromatic carbocycles. The van der Waals surface area contributed by atoms with Gasteiger partial charge in [-0.3, -0.25) is 29.3 Å². The van der Waals surface area contributed by atoms with Crippen LogP contribution >= 0.6 is 0 Å². The first kappa shape index (κ1) is 59.0. The maximum absolute atomic E-state index is 14.9. The van der Waals surface area contributed by atoms with Crippen molar-refractivity contribution in [2.75, 3.05) is 63.6 Å². The number of carbonyl (C=O) groups is 3. The molecule has 4 unspecified atom stereocenters. The molecular weight excluding hydrogens is 965 g/mol. The van der Waals surface area contributed by atoms with E-state index >= 15 is 0 Å². The molecule has 5 N–H and O–H groups in total. The molecule has 6 aliphatic heterocycles. The predicted octanol–water partition coefficient (Wildman–Crippen LogP) is 7.59. The number of nitrogens with zero attached hydrogens (tertiary/aromatic N) is 5. The summed E-state index contributed by atoms with van der Waals surface area (Å²) >= 11 is 0. The van der Waals surface area contributed by atoms with Crippen molar-refractivity contribution in [2.24, 2.45) is 39.6 Å². The van der Waals surface area contributed by atoms with Gasteiger partial charge in [-0.1, -0.05) is 78.0 Å². The van der Waals surface area contributed by atoms with Crippen molar-refractivity contribution >= 4 is 39.8 Å². The largest absolute Gasteiger partial charge is 0.507 e. The van der Waals surface area contributed by atoms with E-state index in [1.807, 2.05) is 51.1 Å². The van der Waals surface area contributed by atoms with Gasteiger partial charge in [0, 0.05) is 101 Å². The van der Waals surface area contributed by atoms with E-state index in [0.717, 1.165) is 52.7 Å². The number of anilines is 2. The van der Waals surface area contributed by atoms with E-state index in [1.54, 1.807) is 26.0 Å². The minimum absolute atomic E-state index is 0.00233. The van der Waals surface area contributed by atoms with Gasteiger partial charge in [-0.05, 0) is 81.4 Å². The first-order chi connectivity index (χ1) is 36.2. The second-order valence-corrected chi connectivity index (χ2v) is 22.0. The summed E-state index contributed by atoms with van der Waals surface area (Å²) in [5.41, 5.74) is 0.870. The summed E-state index contributed by atoms with van der Waals surface area (Å²) in [5.74, 6) is -4.37. The summed E-state index contributed by atoms with van der Waals surface area (Å²) in [6.45, 7) is 21.1. The lowest BCUT2D eigenvalue weighted by Gasteiger charge is -2.38. The lowest BCUT2D eigenvalue weighted by molar-refractivity contribution is -0.160. The molecule has 2 saturated heterocycles. The molecule has 1 spiro atoms. The number of aliphatic hydroxyl groups is 2. The van der Waals surface area contributed by atoms with Crippen molar-refractivity contribution in [1.29, 1.82) is 0 Å². The minimum Gasteiger partial charge on any atom is -0.507 e. The molecule has 0 aromatic heterocycles. The van der Waals surface area contributed by atoms with Crippen molar-refractivity contribution in [3.05, 3.63) is 88.3 Å². The fourth-order valence-corrected chi connectivity index (χ4v) is 11.5. The van der Waals surface area contributed by atoms with Crippen LogP contribution in [0.5, 0.6) is 17.2 Å². The second-order valence-electron chi connectivity index (χ2n) is 22.0. The number of fused-ring (bicyclic) bond motifs is 13. The highest BCUT2D eigenvalue weighted by Crippen LogP contribution is 2.50. The number of aliphatic hydroxyl groups excluding tert-OH is 2. The lowest BCUT2D eigenvalue weighted by Crippen LogP contribution is -2.46. The number of rotatable bonds is 7. The van der Waals surface area contributed by atoms with Crippen LogP contribution < -0.4 is 25.7 Å². The van der Waals surface area contributed by atoms with Gasteiger partial charge in [-0.25, -0.2) is 0 Å². The Kier molecular flexibility index (Phi) is 19.6. The number of hydrogen-bond donors (Lipinski definition) is 5. The Balaban J connectivity index is 0.00000229. The second kappa shape index (κ2) is 25.3. The topological polar surface area (TPSA) is 206 Å². The van der Waals surface area contributed by atoms with Crippen molar-refractivity contribution in [3.63, 3.8) is 0 Å². The van der Waals surface area contributed by atoms with E-state index in [-0.39, 0.29) is 80.1 Å². The molecule has 2 fully saturated rings. The molecule has 0 saturated carbocycles. The minimum atomic E-state index is -1.88. The Morgan fingerprint density at radius 1 is 0.934 bits per heavy atom. The molecule has 0 radical (unpaired) electrons. The van der Waals surface area contributed by atoms with Crippen molar-refractivity contribution in [2.45, 2.75) is 131 Å². The Morgan fingerprint density at radius 2 is 1.58 bits per heavy atom. The zero-order valence-corrected chi connectivity index (χ0v) is 46.5. The lowest BCUT2D eigenvalue weighted by atomic mass is 9.80. The zero-order chi connectivity index (χ0) is 55.8. The smallest absolute Gasteiger partial charge is 0.320 e. The van der Waals surface area contributed by atoms with E-state index < -0.39 is 47.0 Å². The quantitative estimate of drug-likeness (QED) is 0.0880. The maximum Gasteiger partial charge on any atom is 0.320 e. The van der Waals surface area contributed by atoms with Crippen LogP contribution in [0.25, 0.3) is 10.8 Å². The summed E-state index contributed by atoms with van der Waals surface area (Å²) in [4.78, 5) is 60.0. The Morgan fingerprint density at radius 3 is 2.22 bits per heavy atom. The third kappa shape index (κ3) is 12.6. The van der Waals surface area contributed by atoms with Gasteiger partial charge in [-0.2, -0.15) is 0 Å². The maximum atomic E-state index is 14.9. The summed E-state index contributed by atoms with van der Waals surface area (Å²) in [6, 6.07) is 10.7. The normalized spacial score (nSPS) is 27.7. The number of likely N-dealkylation sites (tertiary alicyclic amines) is 2. The van der Waals surface area contributed by atoms with Gasteiger partial charge in [-0.15, -0.1) is 12.8 Å². The monoisotopic (exact) mass is 1050 g/mol. The molecule has 3 aromatic rings. The fourth-order valence-electron chi connectivity index (χ4n) is 11.5. The Bertz CT molecular complexity index is 2810. The Labute approximate surface area is 449 Å². The number of ketones is 1. The fraction of sp³-hybridized carbons (Fsp3) is 0.550. The summed E-state index contributed by atoms with van der Waals surface area (Å²) in [5, 5.41) is 46.6. The molecular formula is C60H82N6O10. The van der Waals surface area contributed by atoms with Crippen LogP contribution in [0.4, 0.5) is 11.4 Å². The number of phenolic OH excluding ortho intramolecular Hbond substituents is 2. The van der Waals surface area contributed by atoms with Crippen molar-refractivity contribution in [3.8, 4) is 30.1 Å². The molecule has 76 heavy (non-hydrogen) atoms. The number of nitrogens with one attached hydrogen (secondary N) is 1. The standard InChI is InChI=1S/C57H76N6O9.C2H2.CH4O/c1-33(2)31-63-27-23-57(24-28-63)59-46-43-44-50(66)39(8)53-45(43)54(68)56(9,72-53)70-29-15-18-35(4)52(71-42(64)32-62-25-21-41(22-26-62)61(10)40-19-12-11-13-20-40)38(7)49(65)37(6)30-34(3)16-14-17-36(5)55(69)58-48(51(44)67)47(46)60-57;2*1-2/h11-17,19-20,29,33-35,37-38,41,49,52,65-67H,18,21-28,30-32H2,1-10H3,(H,58,69);1-2H;2H,1H3/b16-14+,29-15+,36-17-;;/t34?,35-,37-,38-,49?,52?,56?;;/m1../s1. The van der Waals surface area contributed by atoms with Crippen LogP contribution in [0.1, 0.15) is 110 Å². The number of Topliss-reactive ketones (excluding diaryl/α,β-unsaturated/α-hetero) is 1. The van der Waals surface area contributed by atoms with Gasteiger partial charge >= 0.3 is 11.8 Å². The van der Waals surface area contributed by atoms with Crippen LogP contribution in [0, 0.1) is 49.4 Å². The van der Waals surface area contributed by atoms with Gasteiger partial charge in [0.1, 0.15) is 28.6 Å². The van der Waals surface area contributed by atoms with Crippen LogP contribution in [-0.4, -0.2) is 131 Å². The van der Waals surface area contributed by atoms with E-state index in [4.69, 9.17) is 29.3 Å². The first-order valence-electron chi connectivity index (χ1n) is 26.9. The van der Waals surface area contributed by atoms with E-state index in [0.29, 0.717) is 43.2 Å². The zero-order valence-electron chi connectivity index (χ0n) is 46.5. The number of esters is 1. The van der Waals surface area contributed by atoms with E-state index in [2.05, 4.69) is 72.8 Å². The number of carbonyl (C=O) groups excluding carboxylic acids is 3. The third-order valence-corrected chi connectivity index (χ3v) is 15.8. The number of ether oxygens (including phenoxy) is 3. The van der Waals surface area contributed by atoms with Gasteiger partial charge < -0.3 is 49.8 Å². The summed E-state index contributed by atoms with van der Waals surface area (Å²) in [7, 11) is 3.12. The number of benzene rings is 3. The molecule has 6 heterocycles. The van der Waals surface area contributed by atoms with Gasteiger partial charge in [0.15, 0.2) is 11.4 Å². The Hall–Kier alpha value is -6.25. The summed E-state index contributed by atoms with van der Waals surface area (Å²) < 4.78 is 19.0. The number of phenols is 2. The van der Waals surface area contributed by atoms with Crippen molar-refractivity contribution < 1.29 is 49.0 Å². The SMILES string of the molecule is C#C.C/C1=C/C=C/C(C)C[C@@H](C)C(O)[C@@H](C)C(OC(=O)CN2CCC(N(C)c3ccccc3)CC2)[C@H](C)C/C=C/OC2(C)Oc3c(C)c(O)c4c(O)c(c5c(c4c3C2=O)=NC2(CCN(CC(C)C)CC2)N=5)NC1=O.CO. The molecule has 1 amide bonds. The first-order valence-corrected chi connectivity index (χ1v) is 26.9. The number of para-hydroxylation sites is 1. The molecule has 7 atom stereocenters. The highest BCUT2D eigenvalue weighted by atomic mass is 16.7. The number of hydrogen-bond acceptors (Lipinski definition) is 15. The number of terminal acetylenes is 1. The van der Waals surface area contributed by atoms with Gasteiger partial charge in [0.2, 0.25) is 0 Å². The average Bonchev–Trinajstić information content (AvgIpc) is 3.92. The van der Waals surface area contributed by atoms with E-state index in [9.17, 15) is 29.7 Å². The molecule has 6 aliphatic rings. The van der Waals surface area contributed by atoms with Crippen molar-refractivity contribution in [1.82, 2.24) is 9.80 Å². The average molecular weight is 1050 g/mol.